The molecule has 0 amide bonds. The second-order valence-electron chi connectivity index (χ2n) is 4.25. The second-order valence-corrected chi connectivity index (χ2v) is 4.69. The molecule has 1 heterocycles. The van der Waals surface area contributed by atoms with Crippen LogP contribution in [0.4, 0.5) is 5.69 Å². The maximum atomic E-state index is 5.86. The molecule has 0 atom stereocenters. The number of aromatic nitrogens is 1. The molecule has 18 heavy (non-hydrogen) atoms. The zero-order chi connectivity index (χ0) is 12.3. The van der Waals surface area contributed by atoms with Crippen molar-refractivity contribution in [3.05, 3.63) is 59.4 Å². The van der Waals surface area contributed by atoms with E-state index < -0.39 is 0 Å². The Hall–Kier alpha value is -1.25. The Morgan fingerprint density at radius 2 is 1.56 bits per heavy atom. The first kappa shape index (κ1) is 14.8. The quantitative estimate of drug-likeness (QED) is 0.704. The lowest BCUT2D eigenvalue weighted by Crippen LogP contribution is -3.00. The molecule has 0 aliphatic carbocycles. The summed E-state index contributed by atoms with van der Waals surface area (Å²) in [6.45, 7) is 0.866. The maximum Gasteiger partial charge on any atom is 0.173 e. The van der Waals surface area contributed by atoms with Gasteiger partial charge in [0.1, 0.15) is 0 Å². The van der Waals surface area contributed by atoms with Crippen molar-refractivity contribution in [2.45, 2.75) is 6.54 Å². The van der Waals surface area contributed by atoms with Gasteiger partial charge in [-0.15, -0.1) is 0 Å². The molecular formula is C14H16Cl2N2. The first-order valence-electron chi connectivity index (χ1n) is 5.56. The van der Waals surface area contributed by atoms with Gasteiger partial charge in [0, 0.05) is 42.5 Å². The highest BCUT2D eigenvalue weighted by atomic mass is 35.5. The molecule has 0 saturated carbocycles. The monoisotopic (exact) mass is 282 g/mol. The minimum absolute atomic E-state index is 0. The Balaban J connectivity index is 0.00000162. The van der Waals surface area contributed by atoms with Crippen molar-refractivity contribution < 1.29 is 17.0 Å². The summed E-state index contributed by atoms with van der Waals surface area (Å²) in [5.74, 6) is 0. The number of anilines is 1. The maximum absolute atomic E-state index is 5.86. The Labute approximate surface area is 119 Å². The van der Waals surface area contributed by atoms with Crippen LogP contribution in [0.15, 0.2) is 48.8 Å². The van der Waals surface area contributed by atoms with Gasteiger partial charge in [-0.05, 0) is 12.1 Å². The number of rotatable bonds is 3. The molecule has 2 rings (SSSR count). The summed E-state index contributed by atoms with van der Waals surface area (Å²) in [6, 6.07) is 12.2. The topological polar surface area (TPSA) is 7.12 Å². The van der Waals surface area contributed by atoms with Crippen molar-refractivity contribution >= 4 is 17.3 Å². The summed E-state index contributed by atoms with van der Waals surface area (Å²) in [6.07, 6.45) is 4.17. The van der Waals surface area contributed by atoms with Gasteiger partial charge < -0.3 is 17.3 Å². The SMILES string of the molecule is CN(C)c1cc[n+](Cc2ccc(Cl)cc2)cc1.[Cl-]. The molecule has 2 aromatic rings. The Morgan fingerprint density at radius 3 is 2.06 bits per heavy atom. The zero-order valence-electron chi connectivity index (χ0n) is 10.5. The van der Waals surface area contributed by atoms with Crippen molar-refractivity contribution in [1.29, 1.82) is 0 Å². The molecule has 2 nitrogen and oxygen atoms in total. The van der Waals surface area contributed by atoms with E-state index in [9.17, 15) is 0 Å². The third kappa shape index (κ3) is 3.90. The Bertz CT molecular complexity index is 478. The van der Waals surface area contributed by atoms with Gasteiger partial charge in [0.15, 0.2) is 18.9 Å². The number of nitrogens with zero attached hydrogens (tertiary/aromatic N) is 2. The minimum atomic E-state index is 0. The van der Waals surface area contributed by atoms with Gasteiger partial charge >= 0.3 is 0 Å². The normalized spacial score (nSPS) is 9.72. The summed E-state index contributed by atoms with van der Waals surface area (Å²) in [4.78, 5) is 2.09. The van der Waals surface area contributed by atoms with Gasteiger partial charge in [0.05, 0.1) is 0 Å². The third-order valence-electron chi connectivity index (χ3n) is 2.67. The summed E-state index contributed by atoms with van der Waals surface area (Å²) in [5.41, 5.74) is 2.45. The molecular weight excluding hydrogens is 267 g/mol. The number of halogens is 2. The van der Waals surface area contributed by atoms with E-state index in [1.54, 1.807) is 0 Å². The lowest BCUT2D eigenvalue weighted by molar-refractivity contribution is -0.688. The average molecular weight is 283 g/mol. The van der Waals surface area contributed by atoms with E-state index in [4.69, 9.17) is 11.6 Å². The van der Waals surface area contributed by atoms with E-state index in [2.05, 4.69) is 46.1 Å². The fraction of sp³-hybridized carbons (Fsp3) is 0.214. The fourth-order valence-electron chi connectivity index (χ4n) is 1.65. The van der Waals surface area contributed by atoms with E-state index in [1.807, 2.05) is 26.2 Å². The largest absolute Gasteiger partial charge is 1.00 e. The lowest BCUT2D eigenvalue weighted by atomic mass is 10.2. The highest BCUT2D eigenvalue weighted by molar-refractivity contribution is 6.30. The molecule has 0 aliphatic rings. The molecule has 1 aromatic carbocycles. The Morgan fingerprint density at radius 1 is 1.00 bits per heavy atom. The van der Waals surface area contributed by atoms with Gasteiger partial charge in [-0.3, -0.25) is 0 Å². The third-order valence-corrected chi connectivity index (χ3v) is 2.92. The standard InChI is InChI=1S/C14H16ClN2.ClH/c1-16(2)14-7-9-17(10-8-14)11-12-3-5-13(15)6-4-12;/h3-10H,11H2,1-2H3;1H/q+1;/p-1. The number of benzene rings is 1. The predicted octanol–water partition coefficient (Wildman–Crippen LogP) is -0.254. The first-order chi connectivity index (χ1) is 8.15. The van der Waals surface area contributed by atoms with Crippen molar-refractivity contribution in [2.75, 3.05) is 19.0 Å². The summed E-state index contributed by atoms with van der Waals surface area (Å²) < 4.78 is 2.15. The smallest absolute Gasteiger partial charge is 0.173 e. The van der Waals surface area contributed by atoms with Crippen LogP contribution in [0.5, 0.6) is 0 Å². The van der Waals surface area contributed by atoms with E-state index >= 15 is 0 Å². The molecule has 0 bridgehead atoms. The fourth-order valence-corrected chi connectivity index (χ4v) is 1.78. The van der Waals surface area contributed by atoms with Crippen LogP contribution in [0.3, 0.4) is 0 Å². The number of hydrogen-bond donors (Lipinski definition) is 0. The molecule has 0 unspecified atom stereocenters. The van der Waals surface area contributed by atoms with E-state index in [-0.39, 0.29) is 12.4 Å². The van der Waals surface area contributed by atoms with Crippen LogP contribution in [-0.2, 0) is 6.54 Å². The van der Waals surface area contributed by atoms with Crippen molar-refractivity contribution in [1.82, 2.24) is 0 Å². The highest BCUT2D eigenvalue weighted by Crippen LogP contribution is 2.10. The lowest BCUT2D eigenvalue weighted by Gasteiger charge is -2.10. The molecule has 0 saturated heterocycles. The molecule has 4 heteroatoms. The second kappa shape index (κ2) is 6.62. The van der Waals surface area contributed by atoms with Crippen LogP contribution in [-0.4, -0.2) is 14.1 Å². The summed E-state index contributed by atoms with van der Waals surface area (Å²) in [7, 11) is 4.08. The van der Waals surface area contributed by atoms with Gasteiger partial charge in [0.25, 0.3) is 0 Å². The van der Waals surface area contributed by atoms with Gasteiger partial charge in [-0.2, -0.15) is 0 Å². The van der Waals surface area contributed by atoms with Gasteiger partial charge in [-0.25, -0.2) is 4.57 Å². The van der Waals surface area contributed by atoms with Crippen LogP contribution in [0.1, 0.15) is 5.56 Å². The van der Waals surface area contributed by atoms with Gasteiger partial charge in [-0.1, -0.05) is 23.7 Å². The summed E-state index contributed by atoms with van der Waals surface area (Å²) in [5, 5.41) is 0.779. The minimum Gasteiger partial charge on any atom is -1.00 e. The van der Waals surface area contributed by atoms with Crippen LogP contribution in [0, 0.1) is 0 Å². The van der Waals surface area contributed by atoms with Crippen LogP contribution in [0.2, 0.25) is 5.02 Å². The van der Waals surface area contributed by atoms with E-state index in [1.165, 1.54) is 11.3 Å². The molecule has 0 fully saturated rings. The molecule has 96 valence electrons. The number of pyridine rings is 1. The predicted molar refractivity (Wildman–Crippen MR) is 71.5 cm³/mol. The van der Waals surface area contributed by atoms with Crippen LogP contribution >= 0.6 is 11.6 Å². The van der Waals surface area contributed by atoms with Crippen LogP contribution < -0.4 is 21.9 Å². The Kier molecular flexibility index (Phi) is 5.45. The summed E-state index contributed by atoms with van der Waals surface area (Å²) >= 11 is 5.86. The first-order valence-corrected chi connectivity index (χ1v) is 5.94. The molecule has 1 aromatic heterocycles. The van der Waals surface area contributed by atoms with Crippen molar-refractivity contribution in [2.24, 2.45) is 0 Å². The molecule has 0 N–H and O–H groups in total. The number of hydrogen-bond acceptors (Lipinski definition) is 1. The van der Waals surface area contributed by atoms with E-state index in [0.717, 1.165) is 11.6 Å². The van der Waals surface area contributed by atoms with Gasteiger partial charge in [0.2, 0.25) is 0 Å². The van der Waals surface area contributed by atoms with Crippen LogP contribution in [0.25, 0.3) is 0 Å². The molecule has 0 radical (unpaired) electrons. The highest BCUT2D eigenvalue weighted by Gasteiger charge is 2.03. The molecule has 0 spiro atoms. The molecule has 0 aliphatic heterocycles. The zero-order valence-corrected chi connectivity index (χ0v) is 12.0. The average Bonchev–Trinajstić information content (AvgIpc) is 2.33. The van der Waals surface area contributed by atoms with E-state index in [0.29, 0.717) is 0 Å². The van der Waals surface area contributed by atoms with Crippen molar-refractivity contribution in [3.63, 3.8) is 0 Å². The van der Waals surface area contributed by atoms with Crippen molar-refractivity contribution in [3.8, 4) is 0 Å².